The monoisotopic (exact) mass is 384 g/mol. The Morgan fingerprint density at radius 1 is 1.08 bits per heavy atom. The maximum Gasteiger partial charge on any atom is 0.174 e. The van der Waals surface area contributed by atoms with Crippen molar-refractivity contribution in [1.29, 1.82) is 0 Å². The summed E-state index contributed by atoms with van der Waals surface area (Å²) in [5.74, 6) is 3.65. The molecule has 0 spiro atoms. The molecule has 2 aromatic rings. The highest BCUT2D eigenvalue weighted by Crippen LogP contribution is 2.60. The minimum atomic E-state index is 0.257. The molecular weight excluding hydrogens is 360 g/mol. The van der Waals surface area contributed by atoms with Crippen LogP contribution in [0, 0.1) is 17.8 Å². The van der Waals surface area contributed by atoms with Gasteiger partial charge in [-0.05, 0) is 72.8 Å². The zero-order chi connectivity index (χ0) is 17.6. The van der Waals surface area contributed by atoms with Crippen LogP contribution in [-0.2, 0) is 16.6 Å². The maximum atomic E-state index is 12.2. The second-order valence-electron chi connectivity index (χ2n) is 8.60. The highest BCUT2D eigenvalue weighted by molar-refractivity contribution is 8.01. The van der Waals surface area contributed by atoms with E-state index >= 15 is 0 Å². The number of carbonyl (C=O) groups is 1. The van der Waals surface area contributed by atoms with E-state index < -0.39 is 0 Å². The molecule has 4 bridgehead atoms. The molecule has 4 aliphatic rings. The molecule has 4 aliphatic carbocycles. The largest absolute Gasteiger partial charge is 0.298 e. The average molecular weight is 385 g/mol. The van der Waals surface area contributed by atoms with Gasteiger partial charge in [0.05, 0.1) is 5.75 Å². The molecule has 136 valence electrons. The minimum Gasteiger partial charge on any atom is -0.298 e. The van der Waals surface area contributed by atoms with Gasteiger partial charge in [0.2, 0.25) is 0 Å². The Kier molecular flexibility index (Phi) is 4.40. The van der Waals surface area contributed by atoms with Crippen LogP contribution in [0.15, 0.2) is 34.1 Å². The molecule has 1 heterocycles. The fourth-order valence-corrected chi connectivity index (χ4v) is 7.44. The van der Waals surface area contributed by atoms with Crippen molar-refractivity contribution in [2.45, 2.75) is 54.7 Å². The van der Waals surface area contributed by atoms with Crippen molar-refractivity contribution in [1.82, 2.24) is 10.2 Å². The Hall–Kier alpha value is -1.20. The number of rotatable bonds is 6. The molecule has 4 fully saturated rings. The standard InChI is InChI=1S/C21H24N2OS2/c24-19(12-25-20-23-22-13-26-20)8-14-1-3-18(4-2-14)21-9-15-5-16(10-21)7-17(6-15)11-21/h1-4,13,15-17H,5-12H2. The van der Waals surface area contributed by atoms with Gasteiger partial charge in [0, 0.05) is 6.42 Å². The van der Waals surface area contributed by atoms with Crippen LogP contribution in [0.4, 0.5) is 0 Å². The summed E-state index contributed by atoms with van der Waals surface area (Å²) in [4.78, 5) is 12.2. The number of Topliss-reactive ketones (excluding diaryl/α,β-unsaturated/α-hetero) is 1. The quantitative estimate of drug-likeness (QED) is 0.664. The zero-order valence-electron chi connectivity index (χ0n) is 14.9. The van der Waals surface area contributed by atoms with E-state index in [4.69, 9.17) is 0 Å². The highest BCUT2D eigenvalue weighted by atomic mass is 32.2. The summed E-state index contributed by atoms with van der Waals surface area (Å²) in [5, 5.41) is 7.78. The molecule has 0 unspecified atom stereocenters. The summed E-state index contributed by atoms with van der Waals surface area (Å²) in [7, 11) is 0. The number of carbonyl (C=O) groups excluding carboxylic acids is 1. The predicted octanol–water partition coefficient (Wildman–Crippen LogP) is 4.91. The van der Waals surface area contributed by atoms with Crippen molar-refractivity contribution in [2.75, 3.05) is 5.75 Å². The molecule has 6 rings (SSSR count). The molecule has 0 aliphatic heterocycles. The van der Waals surface area contributed by atoms with Crippen LogP contribution in [0.3, 0.4) is 0 Å². The summed E-state index contributed by atoms with van der Waals surface area (Å²) < 4.78 is 0.871. The summed E-state index contributed by atoms with van der Waals surface area (Å²) >= 11 is 2.98. The van der Waals surface area contributed by atoms with Crippen LogP contribution in [0.25, 0.3) is 0 Å². The fourth-order valence-electron chi connectivity index (χ4n) is 6.09. The van der Waals surface area contributed by atoms with Crippen LogP contribution in [0.2, 0.25) is 0 Å². The molecular formula is C21H24N2OS2. The number of hydrogen-bond acceptors (Lipinski definition) is 5. The normalized spacial score (nSPS) is 32.1. The van der Waals surface area contributed by atoms with Crippen molar-refractivity contribution in [3.8, 4) is 0 Å². The van der Waals surface area contributed by atoms with Crippen LogP contribution in [0.5, 0.6) is 0 Å². The van der Waals surface area contributed by atoms with E-state index in [9.17, 15) is 4.79 Å². The number of hydrogen-bond donors (Lipinski definition) is 0. The second-order valence-corrected chi connectivity index (χ2v) is 10.7. The third-order valence-corrected chi connectivity index (χ3v) is 8.62. The summed E-state index contributed by atoms with van der Waals surface area (Å²) in [6.45, 7) is 0. The van der Waals surface area contributed by atoms with Gasteiger partial charge in [-0.2, -0.15) is 0 Å². The highest BCUT2D eigenvalue weighted by Gasteiger charge is 2.51. The Morgan fingerprint density at radius 3 is 2.31 bits per heavy atom. The van der Waals surface area contributed by atoms with Crippen LogP contribution in [0.1, 0.15) is 49.7 Å². The number of benzene rings is 1. The molecule has 0 saturated heterocycles. The van der Waals surface area contributed by atoms with Crippen LogP contribution < -0.4 is 0 Å². The summed E-state index contributed by atoms with van der Waals surface area (Å²) in [6.07, 6.45) is 9.17. The summed E-state index contributed by atoms with van der Waals surface area (Å²) in [6, 6.07) is 9.05. The number of nitrogens with zero attached hydrogens (tertiary/aromatic N) is 2. The molecule has 1 aromatic carbocycles. The van der Waals surface area contributed by atoms with Crippen molar-refractivity contribution in [3.63, 3.8) is 0 Å². The molecule has 0 N–H and O–H groups in total. The third kappa shape index (κ3) is 3.24. The Morgan fingerprint density at radius 2 is 1.73 bits per heavy atom. The SMILES string of the molecule is O=C(CSc1nncs1)Cc1ccc(C23CC4CC(CC(C4)C2)C3)cc1. The first-order valence-corrected chi connectivity index (χ1v) is 11.6. The van der Waals surface area contributed by atoms with Gasteiger partial charge in [0.15, 0.2) is 4.34 Å². The van der Waals surface area contributed by atoms with Gasteiger partial charge in [-0.15, -0.1) is 10.2 Å². The molecule has 3 nitrogen and oxygen atoms in total. The van der Waals surface area contributed by atoms with Crippen LogP contribution >= 0.6 is 23.1 Å². The maximum absolute atomic E-state index is 12.2. The lowest BCUT2D eigenvalue weighted by Crippen LogP contribution is -2.48. The van der Waals surface area contributed by atoms with E-state index in [0.29, 0.717) is 17.6 Å². The number of ketones is 1. The van der Waals surface area contributed by atoms with Gasteiger partial charge in [-0.1, -0.05) is 47.4 Å². The number of aromatic nitrogens is 2. The van der Waals surface area contributed by atoms with E-state index in [1.807, 2.05) is 0 Å². The smallest absolute Gasteiger partial charge is 0.174 e. The van der Waals surface area contributed by atoms with E-state index in [0.717, 1.165) is 27.7 Å². The third-order valence-electron chi connectivity index (χ3n) is 6.70. The molecule has 5 heteroatoms. The van der Waals surface area contributed by atoms with Gasteiger partial charge in [0.25, 0.3) is 0 Å². The van der Waals surface area contributed by atoms with E-state index in [-0.39, 0.29) is 5.78 Å². The van der Waals surface area contributed by atoms with Gasteiger partial charge in [-0.25, -0.2) is 0 Å². The van der Waals surface area contributed by atoms with Crippen molar-refractivity contribution >= 4 is 28.9 Å². The van der Waals surface area contributed by atoms with E-state index in [1.165, 1.54) is 67.2 Å². The van der Waals surface area contributed by atoms with Crippen LogP contribution in [-0.4, -0.2) is 21.7 Å². The minimum absolute atomic E-state index is 0.257. The lowest BCUT2D eigenvalue weighted by Gasteiger charge is -2.57. The first-order chi connectivity index (χ1) is 12.7. The van der Waals surface area contributed by atoms with Gasteiger partial charge in [-0.3, -0.25) is 4.79 Å². The van der Waals surface area contributed by atoms with Gasteiger partial charge < -0.3 is 0 Å². The average Bonchev–Trinajstić information content (AvgIpc) is 3.13. The second kappa shape index (κ2) is 6.75. The zero-order valence-corrected chi connectivity index (χ0v) is 16.5. The number of thioether (sulfide) groups is 1. The molecule has 0 atom stereocenters. The Labute approximate surface area is 163 Å². The first-order valence-electron chi connectivity index (χ1n) is 9.69. The van der Waals surface area contributed by atoms with Crippen molar-refractivity contribution in [3.05, 3.63) is 40.9 Å². The Bertz CT molecular complexity index is 750. The van der Waals surface area contributed by atoms with E-state index in [2.05, 4.69) is 34.5 Å². The van der Waals surface area contributed by atoms with Gasteiger partial charge >= 0.3 is 0 Å². The van der Waals surface area contributed by atoms with Crippen molar-refractivity contribution in [2.24, 2.45) is 17.8 Å². The van der Waals surface area contributed by atoms with E-state index in [1.54, 1.807) is 5.51 Å². The van der Waals surface area contributed by atoms with Crippen molar-refractivity contribution < 1.29 is 4.79 Å². The topological polar surface area (TPSA) is 42.9 Å². The lowest BCUT2D eigenvalue weighted by atomic mass is 9.48. The molecule has 1 aromatic heterocycles. The van der Waals surface area contributed by atoms with Gasteiger partial charge in [0.1, 0.15) is 11.3 Å². The summed E-state index contributed by atoms with van der Waals surface area (Å²) in [5.41, 5.74) is 4.83. The molecule has 26 heavy (non-hydrogen) atoms. The Balaban J connectivity index is 1.24. The molecule has 0 radical (unpaired) electrons. The predicted molar refractivity (Wildman–Crippen MR) is 106 cm³/mol. The molecule has 4 saturated carbocycles. The lowest BCUT2D eigenvalue weighted by molar-refractivity contribution is -0.116. The fraction of sp³-hybridized carbons (Fsp3) is 0.571. The first kappa shape index (κ1) is 16.9. The molecule has 0 amide bonds.